The summed E-state index contributed by atoms with van der Waals surface area (Å²) in [5, 5.41) is 14.9. The minimum atomic E-state index is -0.659. The first kappa shape index (κ1) is 24.9. The predicted octanol–water partition coefficient (Wildman–Crippen LogP) is 4.95. The first-order chi connectivity index (χ1) is 16.8. The number of hydrogen-bond donors (Lipinski definition) is 2. The maximum Gasteiger partial charge on any atom is 0.338 e. The van der Waals surface area contributed by atoms with Crippen LogP contribution in [0.25, 0.3) is 6.08 Å². The molecule has 0 aliphatic rings. The van der Waals surface area contributed by atoms with E-state index in [4.69, 9.17) is 4.74 Å². The first-order valence-electron chi connectivity index (χ1n) is 10.9. The van der Waals surface area contributed by atoms with Crippen molar-refractivity contribution in [1.82, 2.24) is 0 Å². The Morgan fingerprint density at radius 3 is 2.26 bits per heavy atom. The van der Waals surface area contributed by atoms with Crippen LogP contribution in [0.2, 0.25) is 0 Å². The van der Waals surface area contributed by atoms with Crippen LogP contribution < -0.4 is 10.6 Å². The number of nitriles is 1. The standard InChI is InChI=1S/C28H25N3O4/c1-18-7-13-24(14-8-18)30-26(32)17-35-28(34)22-11-9-21(10-12-22)15-23(16-29)27(33)31-25-6-4-5-19(2)20(25)3/h4-15H,17H2,1-3H3,(H,30,32)(H,31,33)/b23-15-. The minimum absolute atomic E-state index is 0.0750. The molecule has 0 aromatic heterocycles. The van der Waals surface area contributed by atoms with Gasteiger partial charge in [0, 0.05) is 11.4 Å². The van der Waals surface area contributed by atoms with Gasteiger partial charge in [-0.3, -0.25) is 9.59 Å². The summed E-state index contributed by atoms with van der Waals surface area (Å²) in [6.45, 7) is 5.35. The van der Waals surface area contributed by atoms with Crippen LogP contribution >= 0.6 is 0 Å². The molecule has 7 nitrogen and oxygen atoms in total. The Balaban J connectivity index is 1.59. The molecule has 2 amide bonds. The average Bonchev–Trinajstić information content (AvgIpc) is 2.85. The number of hydrogen-bond acceptors (Lipinski definition) is 5. The highest BCUT2D eigenvalue weighted by Gasteiger charge is 2.13. The molecule has 0 aliphatic carbocycles. The van der Waals surface area contributed by atoms with Gasteiger partial charge in [-0.15, -0.1) is 0 Å². The maximum absolute atomic E-state index is 12.6. The number of carbonyl (C=O) groups is 3. The molecule has 176 valence electrons. The number of benzene rings is 3. The number of carbonyl (C=O) groups excluding carboxylic acids is 3. The second kappa shape index (κ2) is 11.4. The summed E-state index contributed by atoms with van der Waals surface area (Å²) >= 11 is 0. The van der Waals surface area contributed by atoms with Crippen LogP contribution in [-0.2, 0) is 14.3 Å². The van der Waals surface area contributed by atoms with E-state index < -0.39 is 24.4 Å². The molecule has 0 fully saturated rings. The maximum atomic E-state index is 12.6. The molecular formula is C28H25N3O4. The molecule has 3 aromatic rings. The summed E-state index contributed by atoms with van der Waals surface area (Å²) < 4.78 is 5.07. The summed E-state index contributed by atoms with van der Waals surface area (Å²) in [4.78, 5) is 36.9. The van der Waals surface area contributed by atoms with Gasteiger partial charge in [0.2, 0.25) is 0 Å². The van der Waals surface area contributed by atoms with Gasteiger partial charge >= 0.3 is 5.97 Å². The zero-order valence-electron chi connectivity index (χ0n) is 19.7. The molecule has 3 rings (SSSR count). The Morgan fingerprint density at radius 1 is 0.914 bits per heavy atom. The second-order valence-electron chi connectivity index (χ2n) is 7.98. The molecule has 0 spiro atoms. The zero-order valence-corrected chi connectivity index (χ0v) is 19.7. The van der Waals surface area contributed by atoms with Crippen molar-refractivity contribution in [3.63, 3.8) is 0 Å². The predicted molar refractivity (Wildman–Crippen MR) is 135 cm³/mol. The molecule has 0 radical (unpaired) electrons. The monoisotopic (exact) mass is 467 g/mol. The highest BCUT2D eigenvalue weighted by Crippen LogP contribution is 2.19. The number of rotatable bonds is 7. The van der Waals surface area contributed by atoms with E-state index >= 15 is 0 Å². The largest absolute Gasteiger partial charge is 0.452 e. The van der Waals surface area contributed by atoms with Gasteiger partial charge in [-0.05, 0) is 73.9 Å². The Kier molecular flexibility index (Phi) is 8.15. The van der Waals surface area contributed by atoms with E-state index in [-0.39, 0.29) is 11.1 Å². The lowest BCUT2D eigenvalue weighted by molar-refractivity contribution is -0.119. The van der Waals surface area contributed by atoms with Gasteiger partial charge in [0.05, 0.1) is 5.56 Å². The SMILES string of the molecule is Cc1ccc(NC(=O)COC(=O)c2ccc(/C=C(/C#N)C(=O)Nc3cccc(C)c3C)cc2)cc1. The first-order valence-corrected chi connectivity index (χ1v) is 10.9. The molecule has 0 saturated carbocycles. The molecule has 0 heterocycles. The van der Waals surface area contributed by atoms with Crippen molar-refractivity contribution in [1.29, 1.82) is 5.26 Å². The van der Waals surface area contributed by atoms with Crippen LogP contribution in [0.4, 0.5) is 11.4 Å². The van der Waals surface area contributed by atoms with Gasteiger partial charge in [-0.25, -0.2) is 4.79 Å². The fourth-order valence-corrected chi connectivity index (χ4v) is 3.16. The smallest absolute Gasteiger partial charge is 0.338 e. The number of ether oxygens (including phenoxy) is 1. The molecule has 0 bridgehead atoms. The van der Waals surface area contributed by atoms with E-state index in [9.17, 15) is 19.6 Å². The molecule has 7 heteroatoms. The molecule has 0 unspecified atom stereocenters. The molecule has 0 saturated heterocycles. The summed E-state index contributed by atoms with van der Waals surface area (Å²) in [6, 6.07) is 20.9. The number of esters is 1. The van der Waals surface area contributed by atoms with E-state index in [0.717, 1.165) is 16.7 Å². The van der Waals surface area contributed by atoms with Crippen molar-refractivity contribution in [3.8, 4) is 6.07 Å². The second-order valence-corrected chi connectivity index (χ2v) is 7.98. The van der Waals surface area contributed by atoms with Crippen LogP contribution in [-0.4, -0.2) is 24.4 Å². The van der Waals surface area contributed by atoms with E-state index in [0.29, 0.717) is 16.9 Å². The van der Waals surface area contributed by atoms with Gasteiger partial charge in [0.15, 0.2) is 6.61 Å². The Morgan fingerprint density at radius 2 is 1.60 bits per heavy atom. The number of nitrogens with zero attached hydrogens (tertiary/aromatic N) is 1. The van der Waals surface area contributed by atoms with Crippen LogP contribution in [0, 0.1) is 32.1 Å². The fourth-order valence-electron chi connectivity index (χ4n) is 3.16. The summed E-state index contributed by atoms with van der Waals surface area (Å²) in [6.07, 6.45) is 1.44. The van der Waals surface area contributed by atoms with Crippen molar-refractivity contribution in [2.75, 3.05) is 17.2 Å². The molecular weight excluding hydrogens is 442 g/mol. The third-order valence-electron chi connectivity index (χ3n) is 5.34. The molecule has 0 aliphatic heterocycles. The van der Waals surface area contributed by atoms with Gasteiger partial charge in [0.1, 0.15) is 11.6 Å². The van der Waals surface area contributed by atoms with E-state index in [2.05, 4.69) is 10.6 Å². The highest BCUT2D eigenvalue weighted by atomic mass is 16.5. The average molecular weight is 468 g/mol. The van der Waals surface area contributed by atoms with Gasteiger partial charge in [-0.2, -0.15) is 5.26 Å². The van der Waals surface area contributed by atoms with Gasteiger partial charge in [-0.1, -0.05) is 42.0 Å². The van der Waals surface area contributed by atoms with Crippen molar-refractivity contribution in [3.05, 3.63) is 100 Å². The van der Waals surface area contributed by atoms with Gasteiger partial charge < -0.3 is 15.4 Å². The quantitative estimate of drug-likeness (QED) is 0.290. The Hall–Kier alpha value is -4.70. The number of aryl methyl sites for hydroxylation is 2. The van der Waals surface area contributed by atoms with Crippen LogP contribution in [0.3, 0.4) is 0 Å². The van der Waals surface area contributed by atoms with E-state index in [1.165, 1.54) is 18.2 Å². The van der Waals surface area contributed by atoms with Crippen LogP contribution in [0.1, 0.15) is 32.6 Å². The van der Waals surface area contributed by atoms with Crippen molar-refractivity contribution < 1.29 is 19.1 Å². The lowest BCUT2D eigenvalue weighted by atomic mass is 10.1. The van der Waals surface area contributed by atoms with E-state index in [1.54, 1.807) is 30.3 Å². The summed E-state index contributed by atoms with van der Waals surface area (Å²) in [5.74, 6) is -1.63. The minimum Gasteiger partial charge on any atom is -0.452 e. The third kappa shape index (κ3) is 6.89. The Bertz CT molecular complexity index is 1320. The number of amides is 2. The highest BCUT2D eigenvalue weighted by molar-refractivity contribution is 6.10. The summed E-state index contributed by atoms with van der Waals surface area (Å²) in [5.41, 5.74) is 5.00. The Labute approximate surface area is 204 Å². The fraction of sp³-hybridized carbons (Fsp3) is 0.143. The van der Waals surface area contributed by atoms with Crippen LogP contribution in [0.5, 0.6) is 0 Å². The normalized spacial score (nSPS) is 10.7. The molecule has 0 atom stereocenters. The lowest BCUT2D eigenvalue weighted by Crippen LogP contribution is -2.20. The molecule has 2 N–H and O–H groups in total. The third-order valence-corrected chi connectivity index (χ3v) is 5.34. The topological polar surface area (TPSA) is 108 Å². The number of anilines is 2. The van der Waals surface area contributed by atoms with E-state index in [1.807, 2.05) is 51.1 Å². The van der Waals surface area contributed by atoms with Crippen LogP contribution in [0.15, 0.2) is 72.3 Å². The lowest BCUT2D eigenvalue weighted by Gasteiger charge is -2.10. The van der Waals surface area contributed by atoms with Crippen molar-refractivity contribution >= 4 is 35.2 Å². The summed E-state index contributed by atoms with van der Waals surface area (Å²) in [7, 11) is 0. The van der Waals surface area contributed by atoms with Gasteiger partial charge in [0.25, 0.3) is 11.8 Å². The zero-order chi connectivity index (χ0) is 25.4. The van der Waals surface area contributed by atoms with Crippen molar-refractivity contribution in [2.24, 2.45) is 0 Å². The molecule has 3 aromatic carbocycles. The molecule has 35 heavy (non-hydrogen) atoms. The number of nitrogens with one attached hydrogen (secondary N) is 2. The van der Waals surface area contributed by atoms with Crippen molar-refractivity contribution in [2.45, 2.75) is 20.8 Å².